The lowest BCUT2D eigenvalue weighted by Crippen LogP contribution is -1.89. The van der Waals surface area contributed by atoms with Crippen LogP contribution < -0.4 is 0 Å². The minimum Gasteiger partial charge on any atom is -0.453 e. The fourth-order valence-corrected chi connectivity index (χ4v) is 2.50. The topological polar surface area (TPSA) is 30.2 Å². The van der Waals surface area contributed by atoms with Gasteiger partial charge in [0.2, 0.25) is 0 Å². The third kappa shape index (κ3) is 2.02. The van der Waals surface area contributed by atoms with Gasteiger partial charge in [-0.25, -0.2) is 4.39 Å². The zero-order valence-corrected chi connectivity index (χ0v) is 10.6. The quantitative estimate of drug-likeness (QED) is 0.619. The molecule has 0 bridgehead atoms. The number of halogens is 2. The molecule has 0 spiro atoms. The van der Waals surface area contributed by atoms with E-state index in [4.69, 9.17) is 4.42 Å². The maximum absolute atomic E-state index is 13.8. The second-order valence-electron chi connectivity index (χ2n) is 3.42. The van der Waals surface area contributed by atoms with Crippen LogP contribution in [0.1, 0.15) is 16.1 Å². The van der Waals surface area contributed by atoms with Crippen molar-refractivity contribution in [2.45, 2.75) is 6.92 Å². The van der Waals surface area contributed by atoms with Gasteiger partial charge in [0.05, 0.1) is 5.56 Å². The molecule has 0 aliphatic heterocycles. The average Bonchev–Trinajstić information content (AvgIpc) is 2.64. The summed E-state index contributed by atoms with van der Waals surface area (Å²) in [5, 5.41) is 0. The molecule has 1 aromatic carbocycles. The van der Waals surface area contributed by atoms with E-state index in [1.165, 1.54) is 12.1 Å². The summed E-state index contributed by atoms with van der Waals surface area (Å²) in [6, 6.07) is 6.43. The fourth-order valence-electron chi connectivity index (χ4n) is 1.49. The summed E-state index contributed by atoms with van der Waals surface area (Å²) in [5.41, 5.74) is 1.26. The molecule has 1 heterocycles. The summed E-state index contributed by atoms with van der Waals surface area (Å²) in [6.07, 6.45) is 0.600. The molecule has 16 heavy (non-hydrogen) atoms. The monoisotopic (exact) mass is 330 g/mol. The van der Waals surface area contributed by atoms with Crippen molar-refractivity contribution in [2.75, 3.05) is 0 Å². The van der Waals surface area contributed by atoms with Gasteiger partial charge in [0.1, 0.15) is 11.6 Å². The molecule has 2 rings (SSSR count). The van der Waals surface area contributed by atoms with Crippen LogP contribution in [0.3, 0.4) is 0 Å². The van der Waals surface area contributed by atoms with Gasteiger partial charge in [-0.15, -0.1) is 0 Å². The number of furan rings is 1. The summed E-state index contributed by atoms with van der Waals surface area (Å²) in [4.78, 5) is 10.5. The highest BCUT2D eigenvalue weighted by Gasteiger charge is 2.14. The summed E-state index contributed by atoms with van der Waals surface area (Å²) in [7, 11) is 0. The molecule has 2 aromatic rings. The number of aldehydes is 1. The van der Waals surface area contributed by atoms with Crippen molar-refractivity contribution in [3.05, 3.63) is 45.0 Å². The molecule has 0 radical (unpaired) electrons. The van der Waals surface area contributed by atoms with Gasteiger partial charge in [-0.05, 0) is 59.3 Å². The Kier molecular flexibility index (Phi) is 3.09. The van der Waals surface area contributed by atoms with Crippen LogP contribution >= 0.6 is 22.6 Å². The van der Waals surface area contributed by atoms with Crippen LogP contribution in [0.15, 0.2) is 28.7 Å². The van der Waals surface area contributed by atoms with Gasteiger partial charge in [0.25, 0.3) is 0 Å². The van der Waals surface area contributed by atoms with E-state index < -0.39 is 0 Å². The van der Waals surface area contributed by atoms with Crippen LogP contribution in [0, 0.1) is 16.3 Å². The Bertz CT molecular complexity index is 523. The third-order valence-electron chi connectivity index (χ3n) is 2.18. The minimum atomic E-state index is -0.337. The van der Waals surface area contributed by atoms with Gasteiger partial charge < -0.3 is 4.42 Å². The van der Waals surface area contributed by atoms with Crippen molar-refractivity contribution in [2.24, 2.45) is 0 Å². The minimum absolute atomic E-state index is 0.200. The fraction of sp³-hybridized carbons (Fsp3) is 0.0833. The van der Waals surface area contributed by atoms with E-state index in [0.29, 0.717) is 17.6 Å². The first-order valence-corrected chi connectivity index (χ1v) is 5.70. The van der Waals surface area contributed by atoms with Crippen molar-refractivity contribution in [3.8, 4) is 11.3 Å². The Balaban J connectivity index is 2.59. The van der Waals surface area contributed by atoms with E-state index in [1.54, 1.807) is 6.07 Å². The molecule has 4 heteroatoms. The van der Waals surface area contributed by atoms with E-state index in [9.17, 15) is 9.18 Å². The van der Waals surface area contributed by atoms with E-state index in [0.717, 1.165) is 9.13 Å². The van der Waals surface area contributed by atoms with Gasteiger partial charge >= 0.3 is 0 Å². The van der Waals surface area contributed by atoms with Crippen molar-refractivity contribution in [1.82, 2.24) is 0 Å². The highest BCUT2D eigenvalue weighted by molar-refractivity contribution is 14.1. The Hall–Kier alpha value is -1.17. The van der Waals surface area contributed by atoms with Gasteiger partial charge in [-0.2, -0.15) is 0 Å². The van der Waals surface area contributed by atoms with Crippen molar-refractivity contribution < 1.29 is 13.6 Å². The maximum Gasteiger partial charge on any atom is 0.185 e. The third-order valence-corrected chi connectivity index (χ3v) is 3.03. The SMILES string of the molecule is Cc1cc(F)c(-c2ccc(C=O)o2)c(I)c1. The Morgan fingerprint density at radius 2 is 2.12 bits per heavy atom. The van der Waals surface area contributed by atoms with Crippen LogP contribution in [0.4, 0.5) is 4.39 Å². The second-order valence-corrected chi connectivity index (χ2v) is 4.59. The number of hydrogen-bond donors (Lipinski definition) is 0. The number of aryl methyl sites for hydroxylation is 1. The van der Waals surface area contributed by atoms with Crippen molar-refractivity contribution in [3.63, 3.8) is 0 Å². The predicted octanol–water partition coefficient (Wildman–Crippen LogP) is 3.81. The average molecular weight is 330 g/mol. The summed E-state index contributed by atoms with van der Waals surface area (Å²) in [5.74, 6) is 0.242. The highest BCUT2D eigenvalue weighted by atomic mass is 127. The van der Waals surface area contributed by atoms with Gasteiger partial charge in [-0.1, -0.05) is 0 Å². The maximum atomic E-state index is 13.8. The zero-order valence-electron chi connectivity index (χ0n) is 8.46. The first-order chi connectivity index (χ1) is 7.61. The van der Waals surface area contributed by atoms with Crippen LogP contribution in [0.5, 0.6) is 0 Å². The number of carbonyl (C=O) groups excluding carboxylic acids is 1. The molecule has 0 amide bonds. The molecular weight excluding hydrogens is 322 g/mol. The Labute approximate surface area is 106 Å². The van der Waals surface area contributed by atoms with Crippen LogP contribution in [-0.2, 0) is 0 Å². The van der Waals surface area contributed by atoms with Crippen molar-refractivity contribution >= 4 is 28.9 Å². The lowest BCUT2D eigenvalue weighted by molar-refractivity contribution is 0.110. The molecule has 0 fully saturated rings. The van der Waals surface area contributed by atoms with Crippen molar-refractivity contribution in [1.29, 1.82) is 0 Å². The lowest BCUT2D eigenvalue weighted by Gasteiger charge is -2.04. The summed E-state index contributed by atoms with van der Waals surface area (Å²) >= 11 is 2.05. The molecule has 0 saturated carbocycles. The highest BCUT2D eigenvalue weighted by Crippen LogP contribution is 2.30. The number of benzene rings is 1. The largest absolute Gasteiger partial charge is 0.453 e. The van der Waals surface area contributed by atoms with Crippen LogP contribution in [0.2, 0.25) is 0 Å². The number of rotatable bonds is 2. The first kappa shape index (κ1) is 11.3. The van der Waals surface area contributed by atoms with E-state index in [2.05, 4.69) is 0 Å². The van der Waals surface area contributed by atoms with E-state index >= 15 is 0 Å². The van der Waals surface area contributed by atoms with E-state index in [-0.39, 0.29) is 11.6 Å². The van der Waals surface area contributed by atoms with Crippen LogP contribution in [0.25, 0.3) is 11.3 Å². The van der Waals surface area contributed by atoms with Gasteiger partial charge in [0.15, 0.2) is 12.0 Å². The standard InChI is InChI=1S/C12H8FIO2/c1-7-4-9(13)12(10(14)5-7)11-3-2-8(6-15)16-11/h2-6H,1H3. The van der Waals surface area contributed by atoms with E-state index in [1.807, 2.05) is 35.6 Å². The Morgan fingerprint density at radius 3 is 2.69 bits per heavy atom. The Morgan fingerprint density at radius 1 is 1.38 bits per heavy atom. The zero-order chi connectivity index (χ0) is 11.7. The molecule has 0 N–H and O–H groups in total. The summed E-state index contributed by atoms with van der Waals surface area (Å²) in [6.45, 7) is 1.83. The normalized spacial score (nSPS) is 10.4. The number of carbonyl (C=O) groups is 1. The molecule has 0 atom stereocenters. The molecule has 1 aromatic heterocycles. The van der Waals surface area contributed by atoms with Gasteiger partial charge in [-0.3, -0.25) is 4.79 Å². The molecule has 0 aliphatic carbocycles. The summed E-state index contributed by atoms with van der Waals surface area (Å²) < 4.78 is 19.7. The molecule has 0 saturated heterocycles. The molecular formula is C12H8FIO2. The van der Waals surface area contributed by atoms with Crippen LogP contribution in [-0.4, -0.2) is 6.29 Å². The number of hydrogen-bond acceptors (Lipinski definition) is 2. The molecule has 2 nitrogen and oxygen atoms in total. The molecule has 82 valence electrons. The first-order valence-electron chi connectivity index (χ1n) is 4.63. The lowest BCUT2D eigenvalue weighted by atomic mass is 10.1. The predicted molar refractivity (Wildman–Crippen MR) is 66.9 cm³/mol. The molecule has 0 aliphatic rings. The molecule has 0 unspecified atom stereocenters. The second kappa shape index (κ2) is 4.37. The van der Waals surface area contributed by atoms with Gasteiger partial charge in [0, 0.05) is 3.57 Å². The smallest absolute Gasteiger partial charge is 0.185 e.